The zero-order valence-electron chi connectivity index (χ0n) is 22.8. The highest BCUT2D eigenvalue weighted by molar-refractivity contribution is 6.09. The molecule has 2 heterocycles. The van der Waals surface area contributed by atoms with Crippen LogP contribution in [0.15, 0.2) is 30.3 Å². The number of benzene rings is 1. The van der Waals surface area contributed by atoms with Crippen molar-refractivity contribution >= 4 is 17.8 Å². The Bertz CT molecular complexity index is 1100. The highest BCUT2D eigenvalue weighted by Gasteiger charge is 2.43. The van der Waals surface area contributed by atoms with Crippen LogP contribution in [0.3, 0.4) is 0 Å². The second kappa shape index (κ2) is 14.5. The van der Waals surface area contributed by atoms with Crippen molar-refractivity contribution in [2.24, 2.45) is 0 Å². The molecule has 1 aliphatic rings. The van der Waals surface area contributed by atoms with Gasteiger partial charge in [0.25, 0.3) is 5.91 Å². The Morgan fingerprint density at radius 2 is 1.76 bits per heavy atom. The lowest BCUT2D eigenvalue weighted by molar-refractivity contribution is -0.140. The number of aromatic nitrogens is 1. The summed E-state index contributed by atoms with van der Waals surface area (Å²) in [6, 6.07) is 9.33. The number of ether oxygens (including phenoxy) is 2. The molecule has 1 atom stereocenters. The van der Waals surface area contributed by atoms with Crippen molar-refractivity contribution < 1.29 is 29.0 Å². The van der Waals surface area contributed by atoms with Crippen LogP contribution < -0.4 is 0 Å². The van der Waals surface area contributed by atoms with Gasteiger partial charge >= 0.3 is 11.9 Å². The molecule has 8 heteroatoms. The molecular formula is C30H40N2O6. The van der Waals surface area contributed by atoms with Crippen molar-refractivity contribution in [3.8, 4) is 5.75 Å². The van der Waals surface area contributed by atoms with Crippen molar-refractivity contribution in [2.45, 2.75) is 84.1 Å². The molecule has 8 nitrogen and oxygen atoms in total. The molecule has 1 N–H and O–H groups in total. The lowest BCUT2D eigenvalue weighted by Gasteiger charge is -2.25. The van der Waals surface area contributed by atoms with E-state index in [4.69, 9.17) is 14.5 Å². The number of unbranched alkanes of at least 4 members (excludes halogenated alkanes) is 5. The first kappa shape index (κ1) is 29.1. The van der Waals surface area contributed by atoms with Crippen molar-refractivity contribution in [3.05, 3.63) is 58.4 Å². The van der Waals surface area contributed by atoms with Gasteiger partial charge in [0.2, 0.25) is 0 Å². The lowest BCUT2D eigenvalue weighted by Crippen LogP contribution is -2.29. The molecule has 0 aliphatic carbocycles. The van der Waals surface area contributed by atoms with Crippen LogP contribution in [-0.2, 0) is 20.7 Å². The van der Waals surface area contributed by atoms with Gasteiger partial charge in [0.05, 0.1) is 36.7 Å². The fourth-order valence-corrected chi connectivity index (χ4v) is 4.99. The van der Waals surface area contributed by atoms with Gasteiger partial charge in [0.1, 0.15) is 5.56 Å². The summed E-state index contributed by atoms with van der Waals surface area (Å²) >= 11 is 0. The van der Waals surface area contributed by atoms with E-state index in [1.54, 1.807) is 11.8 Å². The van der Waals surface area contributed by atoms with E-state index in [1.165, 1.54) is 7.11 Å². The van der Waals surface area contributed by atoms with Crippen molar-refractivity contribution in [1.82, 2.24) is 9.88 Å². The van der Waals surface area contributed by atoms with E-state index in [0.717, 1.165) is 44.1 Å². The molecular weight excluding hydrogens is 484 g/mol. The Hall–Kier alpha value is -3.42. The van der Waals surface area contributed by atoms with Crippen molar-refractivity contribution in [3.63, 3.8) is 0 Å². The summed E-state index contributed by atoms with van der Waals surface area (Å²) < 4.78 is 9.99. The first-order chi connectivity index (χ1) is 18.4. The van der Waals surface area contributed by atoms with E-state index in [-0.39, 0.29) is 41.4 Å². The number of hydrogen-bond acceptors (Lipinski definition) is 7. The minimum atomic E-state index is -0.712. The number of aromatic hydroxyl groups is 1. The average Bonchev–Trinajstić information content (AvgIpc) is 3.17. The minimum Gasteiger partial charge on any atom is -0.505 e. The molecule has 1 aromatic carbocycles. The van der Waals surface area contributed by atoms with Gasteiger partial charge in [0.15, 0.2) is 5.75 Å². The summed E-state index contributed by atoms with van der Waals surface area (Å²) in [5, 5.41) is 11.2. The second-order valence-corrected chi connectivity index (χ2v) is 9.68. The average molecular weight is 525 g/mol. The van der Waals surface area contributed by atoms with Crippen LogP contribution in [0.25, 0.3) is 0 Å². The van der Waals surface area contributed by atoms with Gasteiger partial charge in [-0.3, -0.25) is 14.6 Å². The smallest absolute Gasteiger partial charge is 0.342 e. The monoisotopic (exact) mass is 524 g/mol. The number of fused-ring (bicyclic) bond motifs is 1. The van der Waals surface area contributed by atoms with Crippen LogP contribution in [0.2, 0.25) is 0 Å². The molecule has 0 spiro atoms. The van der Waals surface area contributed by atoms with Crippen LogP contribution in [0.5, 0.6) is 5.75 Å². The fourth-order valence-electron chi connectivity index (χ4n) is 4.99. The molecule has 0 radical (unpaired) electrons. The molecule has 0 saturated heterocycles. The number of methoxy groups -OCH3 is 1. The highest BCUT2D eigenvalue weighted by atomic mass is 16.5. The van der Waals surface area contributed by atoms with Gasteiger partial charge in [-0.25, -0.2) is 4.79 Å². The van der Waals surface area contributed by atoms with E-state index >= 15 is 0 Å². The Morgan fingerprint density at radius 1 is 1.03 bits per heavy atom. The predicted octanol–water partition coefficient (Wildman–Crippen LogP) is 5.76. The molecule has 1 amide bonds. The van der Waals surface area contributed by atoms with Gasteiger partial charge in [-0.05, 0) is 31.7 Å². The van der Waals surface area contributed by atoms with Gasteiger partial charge < -0.3 is 19.5 Å². The number of amides is 1. The summed E-state index contributed by atoms with van der Waals surface area (Å²) in [5.41, 5.74) is 1.93. The Morgan fingerprint density at radius 3 is 2.45 bits per heavy atom. The number of carbonyl (C=O) groups excluding carboxylic acids is 3. The van der Waals surface area contributed by atoms with Gasteiger partial charge in [-0.2, -0.15) is 0 Å². The minimum absolute atomic E-state index is 0.0838. The summed E-state index contributed by atoms with van der Waals surface area (Å²) in [5.74, 6) is -1.54. The molecule has 0 saturated carbocycles. The molecule has 1 unspecified atom stereocenters. The predicted molar refractivity (Wildman–Crippen MR) is 144 cm³/mol. The Kier molecular flexibility index (Phi) is 11.1. The van der Waals surface area contributed by atoms with E-state index in [0.29, 0.717) is 43.6 Å². The van der Waals surface area contributed by atoms with Crippen LogP contribution in [0, 0.1) is 0 Å². The van der Waals surface area contributed by atoms with E-state index in [1.807, 2.05) is 30.3 Å². The van der Waals surface area contributed by atoms with Crippen molar-refractivity contribution in [2.75, 3.05) is 20.3 Å². The molecule has 3 rings (SSSR count). The number of rotatable bonds is 15. The molecule has 1 aliphatic heterocycles. The number of nitrogens with zero attached hydrogens (tertiary/aromatic N) is 2. The van der Waals surface area contributed by atoms with Crippen LogP contribution in [0.4, 0.5) is 0 Å². The van der Waals surface area contributed by atoms with Gasteiger partial charge in [-0.15, -0.1) is 0 Å². The largest absolute Gasteiger partial charge is 0.505 e. The van der Waals surface area contributed by atoms with Crippen LogP contribution in [-0.4, -0.2) is 53.1 Å². The van der Waals surface area contributed by atoms with Crippen LogP contribution in [0.1, 0.15) is 115 Å². The van der Waals surface area contributed by atoms with E-state index < -0.39 is 5.97 Å². The summed E-state index contributed by atoms with van der Waals surface area (Å²) in [7, 11) is 1.38. The topological polar surface area (TPSA) is 106 Å². The van der Waals surface area contributed by atoms with Crippen molar-refractivity contribution in [1.29, 1.82) is 0 Å². The van der Waals surface area contributed by atoms with E-state index in [9.17, 15) is 19.5 Å². The maximum absolute atomic E-state index is 13.8. The third-order valence-corrected chi connectivity index (χ3v) is 6.97. The molecule has 38 heavy (non-hydrogen) atoms. The highest BCUT2D eigenvalue weighted by Crippen LogP contribution is 2.42. The first-order valence-electron chi connectivity index (χ1n) is 13.8. The Balaban J connectivity index is 1.96. The van der Waals surface area contributed by atoms with Gasteiger partial charge in [0, 0.05) is 19.4 Å². The van der Waals surface area contributed by atoms with Crippen LogP contribution >= 0.6 is 0 Å². The Labute approximate surface area is 225 Å². The number of hydrogen-bond donors (Lipinski definition) is 1. The molecule has 2 aromatic rings. The first-order valence-corrected chi connectivity index (χ1v) is 13.8. The molecule has 0 fully saturated rings. The lowest BCUT2D eigenvalue weighted by atomic mass is 9.97. The second-order valence-electron chi connectivity index (χ2n) is 9.68. The maximum atomic E-state index is 13.8. The van der Waals surface area contributed by atoms with Gasteiger partial charge in [-0.1, -0.05) is 69.4 Å². The quantitative estimate of drug-likeness (QED) is 0.233. The summed E-state index contributed by atoms with van der Waals surface area (Å²) in [6.45, 7) is 4.45. The molecule has 206 valence electrons. The summed E-state index contributed by atoms with van der Waals surface area (Å²) in [4.78, 5) is 44.9. The molecule has 0 bridgehead atoms. The molecule has 1 aromatic heterocycles. The normalized spacial score (nSPS) is 14.4. The van der Waals surface area contributed by atoms with E-state index in [2.05, 4.69) is 6.92 Å². The zero-order chi connectivity index (χ0) is 27.5. The SMILES string of the molecule is CCCCCCC1c2nc(Cc3ccccc3)c(O)c(C(=O)OCC)c2C(=O)N1CCCCCC(=O)OC. The third-order valence-electron chi connectivity index (χ3n) is 6.97. The fraction of sp³-hybridized carbons (Fsp3) is 0.533. The zero-order valence-corrected chi connectivity index (χ0v) is 22.8. The summed E-state index contributed by atoms with van der Waals surface area (Å²) in [6.07, 6.45) is 7.73. The number of pyridine rings is 1. The number of carbonyl (C=O) groups is 3. The number of esters is 2. The third kappa shape index (κ3) is 7.11. The maximum Gasteiger partial charge on any atom is 0.342 e. The standard InChI is InChI=1S/C30H40N2O6/c1-4-6-7-12-17-23-27-25(29(35)32(23)19-14-9-13-18-24(33)37-3)26(30(36)38-5-2)28(34)22(31-27)20-21-15-10-8-11-16-21/h8,10-11,15-16,23,34H,4-7,9,12-14,17-20H2,1-3H3.